The van der Waals surface area contributed by atoms with Gasteiger partial charge in [0.2, 0.25) is 12.7 Å². The fraction of sp³-hybridized carbons (Fsp3) is 0.188. The lowest BCUT2D eigenvalue weighted by Gasteiger charge is -1.98. The van der Waals surface area contributed by atoms with Gasteiger partial charge >= 0.3 is 0 Å². The number of ether oxygens (including phenoxy) is 2. The Labute approximate surface area is 136 Å². The second kappa shape index (κ2) is 5.73. The molecule has 8 heteroatoms. The number of amides is 1. The van der Waals surface area contributed by atoms with E-state index in [9.17, 15) is 4.79 Å². The number of hydrogen-bond donors (Lipinski definition) is 1. The first-order valence-electron chi connectivity index (χ1n) is 7.26. The highest BCUT2D eigenvalue weighted by atomic mass is 16.7. The monoisotopic (exact) mass is 327 g/mol. The summed E-state index contributed by atoms with van der Waals surface area (Å²) in [5.41, 5.74) is 1.31. The summed E-state index contributed by atoms with van der Waals surface area (Å²) in [4.78, 5) is 12.0. The van der Waals surface area contributed by atoms with Crippen LogP contribution in [-0.4, -0.2) is 23.0 Å². The number of fused-ring (bicyclic) bond motifs is 1. The molecule has 1 aliphatic rings. The standard InChI is InChI=1S/C16H13N3O5/c1-9-4-15(19-23-9)17-16(20)7-11-6-13(24-18-11)10-2-3-12-14(5-10)22-8-21-12/h2-6H,7-8H2,1H3,(H,17,19,20). The molecule has 2 aromatic heterocycles. The van der Waals surface area contributed by atoms with E-state index >= 15 is 0 Å². The van der Waals surface area contributed by atoms with Gasteiger partial charge in [0.25, 0.3) is 0 Å². The number of aryl methyl sites for hydroxylation is 1. The van der Waals surface area contributed by atoms with Gasteiger partial charge in [-0.2, -0.15) is 0 Å². The minimum absolute atomic E-state index is 0.0694. The van der Waals surface area contributed by atoms with E-state index in [0.29, 0.717) is 34.5 Å². The number of benzene rings is 1. The first kappa shape index (κ1) is 14.3. The molecule has 1 amide bonds. The topological polar surface area (TPSA) is 99.6 Å². The number of carbonyl (C=O) groups is 1. The maximum Gasteiger partial charge on any atom is 0.231 e. The third kappa shape index (κ3) is 2.81. The van der Waals surface area contributed by atoms with Crippen molar-refractivity contribution in [3.8, 4) is 22.8 Å². The van der Waals surface area contributed by atoms with Crippen LogP contribution < -0.4 is 14.8 Å². The molecule has 8 nitrogen and oxygen atoms in total. The minimum atomic E-state index is -0.256. The Kier molecular flexibility index (Phi) is 3.42. The van der Waals surface area contributed by atoms with Gasteiger partial charge in [-0.05, 0) is 25.1 Å². The smallest absolute Gasteiger partial charge is 0.231 e. The molecule has 4 rings (SSSR count). The molecule has 0 radical (unpaired) electrons. The van der Waals surface area contributed by atoms with Crippen LogP contribution in [0.25, 0.3) is 11.3 Å². The number of aromatic nitrogens is 2. The zero-order chi connectivity index (χ0) is 16.5. The van der Waals surface area contributed by atoms with Crippen LogP contribution in [0.4, 0.5) is 5.82 Å². The van der Waals surface area contributed by atoms with Crippen molar-refractivity contribution in [3.05, 3.63) is 41.8 Å². The average Bonchev–Trinajstić information content (AvgIpc) is 3.27. The van der Waals surface area contributed by atoms with Crippen molar-refractivity contribution in [2.24, 2.45) is 0 Å². The second-order valence-electron chi connectivity index (χ2n) is 5.30. The molecular formula is C16H13N3O5. The second-order valence-corrected chi connectivity index (χ2v) is 5.30. The van der Waals surface area contributed by atoms with Crippen LogP contribution in [0.1, 0.15) is 11.5 Å². The lowest BCUT2D eigenvalue weighted by Crippen LogP contribution is -2.14. The Morgan fingerprint density at radius 3 is 2.83 bits per heavy atom. The highest BCUT2D eigenvalue weighted by molar-refractivity contribution is 5.91. The van der Waals surface area contributed by atoms with Crippen LogP contribution >= 0.6 is 0 Å². The van der Waals surface area contributed by atoms with E-state index in [1.54, 1.807) is 25.1 Å². The molecule has 0 atom stereocenters. The molecule has 3 heterocycles. The fourth-order valence-electron chi connectivity index (χ4n) is 2.36. The quantitative estimate of drug-likeness (QED) is 0.786. The summed E-state index contributed by atoms with van der Waals surface area (Å²) in [6.07, 6.45) is 0.0694. The Morgan fingerprint density at radius 2 is 2.00 bits per heavy atom. The Morgan fingerprint density at radius 1 is 1.12 bits per heavy atom. The van der Waals surface area contributed by atoms with Crippen molar-refractivity contribution >= 4 is 11.7 Å². The molecule has 0 bridgehead atoms. The molecule has 24 heavy (non-hydrogen) atoms. The van der Waals surface area contributed by atoms with E-state index < -0.39 is 0 Å². The van der Waals surface area contributed by atoms with Crippen molar-refractivity contribution in [1.29, 1.82) is 0 Å². The van der Waals surface area contributed by atoms with Crippen LogP contribution in [-0.2, 0) is 11.2 Å². The third-order valence-electron chi connectivity index (χ3n) is 3.45. The molecule has 0 spiro atoms. The summed E-state index contributed by atoms with van der Waals surface area (Å²) in [5.74, 6) is 2.64. The summed E-state index contributed by atoms with van der Waals surface area (Å²) >= 11 is 0. The Hall–Kier alpha value is -3.29. The Bertz CT molecular complexity index is 899. The number of hydrogen-bond acceptors (Lipinski definition) is 7. The van der Waals surface area contributed by atoms with Gasteiger partial charge in [0, 0.05) is 17.7 Å². The van der Waals surface area contributed by atoms with Gasteiger partial charge in [0.15, 0.2) is 23.1 Å². The summed E-state index contributed by atoms with van der Waals surface area (Å²) < 4.78 is 20.8. The molecule has 1 N–H and O–H groups in total. The van der Waals surface area contributed by atoms with Gasteiger partial charge in [-0.3, -0.25) is 4.79 Å². The van der Waals surface area contributed by atoms with Gasteiger partial charge in [-0.1, -0.05) is 10.3 Å². The van der Waals surface area contributed by atoms with E-state index in [4.69, 9.17) is 18.5 Å². The minimum Gasteiger partial charge on any atom is -0.454 e. The number of rotatable bonds is 4. The maximum atomic E-state index is 12.0. The average molecular weight is 327 g/mol. The zero-order valence-electron chi connectivity index (χ0n) is 12.7. The van der Waals surface area contributed by atoms with E-state index in [-0.39, 0.29) is 19.1 Å². The molecule has 0 saturated heterocycles. The highest BCUT2D eigenvalue weighted by Crippen LogP contribution is 2.36. The predicted molar refractivity (Wildman–Crippen MR) is 81.6 cm³/mol. The maximum absolute atomic E-state index is 12.0. The molecule has 1 aliphatic heterocycles. The van der Waals surface area contributed by atoms with Gasteiger partial charge < -0.3 is 23.8 Å². The normalized spacial score (nSPS) is 12.4. The first-order chi connectivity index (χ1) is 11.7. The van der Waals surface area contributed by atoms with Crippen molar-refractivity contribution in [2.45, 2.75) is 13.3 Å². The zero-order valence-corrected chi connectivity index (χ0v) is 12.7. The lowest BCUT2D eigenvalue weighted by atomic mass is 10.1. The number of nitrogens with zero attached hydrogens (tertiary/aromatic N) is 2. The largest absolute Gasteiger partial charge is 0.454 e. The summed E-state index contributed by atoms with van der Waals surface area (Å²) in [6.45, 7) is 1.96. The van der Waals surface area contributed by atoms with Crippen LogP contribution in [0, 0.1) is 6.92 Å². The van der Waals surface area contributed by atoms with Crippen LogP contribution in [0.3, 0.4) is 0 Å². The molecule has 0 unspecified atom stereocenters. The molecule has 0 aliphatic carbocycles. The van der Waals surface area contributed by atoms with E-state index in [1.165, 1.54) is 0 Å². The fourth-order valence-corrected chi connectivity index (χ4v) is 2.36. The molecular weight excluding hydrogens is 314 g/mol. The van der Waals surface area contributed by atoms with Crippen molar-refractivity contribution in [3.63, 3.8) is 0 Å². The van der Waals surface area contributed by atoms with Crippen LogP contribution in [0.2, 0.25) is 0 Å². The summed E-state index contributed by atoms with van der Waals surface area (Å²) in [6, 6.07) is 8.81. The Balaban J connectivity index is 1.45. The summed E-state index contributed by atoms with van der Waals surface area (Å²) in [7, 11) is 0. The van der Waals surface area contributed by atoms with Crippen molar-refractivity contribution < 1.29 is 23.3 Å². The van der Waals surface area contributed by atoms with Gasteiger partial charge in [-0.25, -0.2) is 0 Å². The number of carbonyl (C=O) groups excluding carboxylic acids is 1. The van der Waals surface area contributed by atoms with E-state index in [0.717, 1.165) is 5.56 Å². The molecule has 122 valence electrons. The summed E-state index contributed by atoms with van der Waals surface area (Å²) in [5, 5.41) is 10.3. The molecule has 3 aromatic rings. The number of anilines is 1. The molecule has 0 fully saturated rings. The predicted octanol–water partition coefficient (Wildman–Crippen LogP) is 2.55. The highest BCUT2D eigenvalue weighted by Gasteiger charge is 2.17. The van der Waals surface area contributed by atoms with E-state index in [2.05, 4.69) is 15.6 Å². The van der Waals surface area contributed by atoms with Crippen molar-refractivity contribution in [1.82, 2.24) is 10.3 Å². The lowest BCUT2D eigenvalue weighted by molar-refractivity contribution is -0.115. The van der Waals surface area contributed by atoms with Crippen molar-refractivity contribution in [2.75, 3.05) is 12.1 Å². The third-order valence-corrected chi connectivity index (χ3v) is 3.45. The van der Waals surface area contributed by atoms with Crippen LogP contribution in [0.5, 0.6) is 11.5 Å². The van der Waals surface area contributed by atoms with Gasteiger partial charge in [0.05, 0.1) is 12.1 Å². The number of nitrogens with one attached hydrogen (secondary N) is 1. The SMILES string of the molecule is Cc1cc(NC(=O)Cc2cc(-c3ccc4c(c3)OCO4)on2)no1. The van der Waals surface area contributed by atoms with Crippen LogP contribution in [0.15, 0.2) is 39.4 Å². The first-order valence-corrected chi connectivity index (χ1v) is 7.26. The molecule has 1 aromatic carbocycles. The van der Waals surface area contributed by atoms with Gasteiger partial charge in [0.1, 0.15) is 5.76 Å². The molecule has 0 saturated carbocycles. The van der Waals surface area contributed by atoms with Gasteiger partial charge in [-0.15, -0.1) is 0 Å². The van der Waals surface area contributed by atoms with E-state index in [1.807, 2.05) is 12.1 Å².